The van der Waals surface area contributed by atoms with E-state index in [0.717, 1.165) is 16.3 Å². The molecule has 0 radical (unpaired) electrons. The van der Waals surface area contributed by atoms with Crippen molar-refractivity contribution in [1.82, 2.24) is 10.2 Å². The average molecular weight is 554 g/mol. The second-order valence-electron chi connectivity index (χ2n) is 9.58. The van der Waals surface area contributed by atoms with Crippen LogP contribution in [-0.4, -0.2) is 43.8 Å². The molecule has 0 heterocycles. The summed E-state index contributed by atoms with van der Waals surface area (Å²) in [6.45, 7) is 6.93. The maximum Gasteiger partial charge on any atom is 0.264 e. The highest BCUT2D eigenvalue weighted by Gasteiger charge is 2.33. The van der Waals surface area contributed by atoms with Crippen LogP contribution in [0.1, 0.15) is 45.2 Å². The Bertz CT molecular complexity index is 1350. The van der Waals surface area contributed by atoms with Gasteiger partial charge >= 0.3 is 0 Å². The van der Waals surface area contributed by atoms with Crippen LogP contribution in [0.3, 0.4) is 0 Å². The standard InChI is InChI=1S/C30H36FN3O4S/c1-5-23-14-18-26(19-15-23)34(39(37,38)27-10-8-7-9-11-27)21-29(35)33(20-24-12-16-25(31)17-13-24)28(6-2)30(36)32-22(3)4/h7-19,22,28H,5-6,20-21H2,1-4H3,(H,32,36). The van der Waals surface area contributed by atoms with Gasteiger partial charge < -0.3 is 10.2 Å². The Morgan fingerprint density at radius 2 is 1.46 bits per heavy atom. The molecule has 0 fully saturated rings. The minimum absolute atomic E-state index is 0.0110. The van der Waals surface area contributed by atoms with E-state index in [-0.39, 0.29) is 23.4 Å². The van der Waals surface area contributed by atoms with E-state index in [9.17, 15) is 22.4 Å². The van der Waals surface area contributed by atoms with Crippen LogP contribution in [0, 0.1) is 5.82 Å². The molecule has 0 saturated carbocycles. The lowest BCUT2D eigenvalue weighted by Gasteiger charge is -2.33. The number of carbonyl (C=O) groups excluding carboxylic acids is 2. The number of carbonyl (C=O) groups is 2. The molecule has 0 aromatic heterocycles. The predicted molar refractivity (Wildman–Crippen MR) is 151 cm³/mol. The van der Waals surface area contributed by atoms with Gasteiger partial charge in [0.1, 0.15) is 18.4 Å². The van der Waals surface area contributed by atoms with E-state index in [1.54, 1.807) is 49.4 Å². The largest absolute Gasteiger partial charge is 0.352 e. The van der Waals surface area contributed by atoms with Gasteiger partial charge in [-0.25, -0.2) is 12.8 Å². The van der Waals surface area contributed by atoms with Crippen LogP contribution in [0.15, 0.2) is 83.8 Å². The molecule has 0 bridgehead atoms. The third-order valence-electron chi connectivity index (χ3n) is 6.33. The van der Waals surface area contributed by atoms with Crippen molar-refractivity contribution in [1.29, 1.82) is 0 Å². The molecule has 0 aliphatic heterocycles. The number of hydrogen-bond donors (Lipinski definition) is 1. The van der Waals surface area contributed by atoms with Crippen LogP contribution < -0.4 is 9.62 Å². The average Bonchev–Trinajstić information content (AvgIpc) is 2.92. The number of halogens is 1. The fourth-order valence-corrected chi connectivity index (χ4v) is 5.67. The number of sulfonamides is 1. The van der Waals surface area contributed by atoms with Crippen LogP contribution in [0.25, 0.3) is 0 Å². The number of aryl methyl sites for hydroxylation is 1. The van der Waals surface area contributed by atoms with Gasteiger partial charge in [-0.05, 0) is 74.2 Å². The third kappa shape index (κ3) is 7.66. The first kappa shape index (κ1) is 29.8. The van der Waals surface area contributed by atoms with Gasteiger partial charge in [0.05, 0.1) is 10.6 Å². The Balaban J connectivity index is 2.05. The molecule has 39 heavy (non-hydrogen) atoms. The highest BCUT2D eigenvalue weighted by Crippen LogP contribution is 2.25. The normalized spacial score (nSPS) is 12.2. The molecule has 3 aromatic rings. The zero-order chi connectivity index (χ0) is 28.6. The SMILES string of the molecule is CCc1ccc(N(CC(=O)N(Cc2ccc(F)cc2)C(CC)C(=O)NC(C)C)S(=O)(=O)c2ccccc2)cc1. The molecule has 7 nitrogen and oxygen atoms in total. The van der Waals surface area contributed by atoms with Gasteiger partial charge in [-0.1, -0.05) is 56.3 Å². The van der Waals surface area contributed by atoms with Crippen molar-refractivity contribution >= 4 is 27.5 Å². The number of benzene rings is 3. The summed E-state index contributed by atoms with van der Waals surface area (Å²) in [5.41, 5.74) is 1.98. The number of anilines is 1. The van der Waals surface area contributed by atoms with Gasteiger partial charge in [-0.3, -0.25) is 13.9 Å². The van der Waals surface area contributed by atoms with Gasteiger partial charge in [-0.15, -0.1) is 0 Å². The van der Waals surface area contributed by atoms with Crippen molar-refractivity contribution in [2.24, 2.45) is 0 Å². The van der Waals surface area contributed by atoms with Gasteiger partial charge in [0, 0.05) is 12.6 Å². The van der Waals surface area contributed by atoms with E-state index >= 15 is 0 Å². The van der Waals surface area contributed by atoms with Gasteiger partial charge in [0.25, 0.3) is 10.0 Å². The lowest BCUT2D eigenvalue weighted by molar-refractivity contribution is -0.140. The first-order valence-corrected chi connectivity index (χ1v) is 14.5. The highest BCUT2D eigenvalue weighted by molar-refractivity contribution is 7.92. The molecule has 208 valence electrons. The summed E-state index contributed by atoms with van der Waals surface area (Å²) < 4.78 is 42.2. The molecular weight excluding hydrogens is 517 g/mol. The molecule has 0 aliphatic rings. The lowest BCUT2D eigenvalue weighted by atomic mass is 10.1. The summed E-state index contributed by atoms with van der Waals surface area (Å²) in [4.78, 5) is 28.5. The highest BCUT2D eigenvalue weighted by atomic mass is 32.2. The first-order valence-electron chi connectivity index (χ1n) is 13.1. The first-order chi connectivity index (χ1) is 18.6. The van der Waals surface area contributed by atoms with Crippen LogP contribution in [0.2, 0.25) is 0 Å². The number of nitrogens with one attached hydrogen (secondary N) is 1. The summed E-state index contributed by atoms with van der Waals surface area (Å²) >= 11 is 0. The monoisotopic (exact) mass is 553 g/mol. The Morgan fingerprint density at radius 3 is 2.00 bits per heavy atom. The van der Waals surface area contributed by atoms with Crippen LogP contribution in [-0.2, 0) is 32.6 Å². The Morgan fingerprint density at radius 1 is 0.872 bits per heavy atom. The maximum absolute atomic E-state index is 14.0. The zero-order valence-corrected chi connectivity index (χ0v) is 23.6. The van der Waals surface area contributed by atoms with Crippen molar-refractivity contribution < 1.29 is 22.4 Å². The molecule has 2 amide bonds. The van der Waals surface area contributed by atoms with Crippen molar-refractivity contribution in [3.63, 3.8) is 0 Å². The summed E-state index contributed by atoms with van der Waals surface area (Å²) in [6, 6.07) is 19.6. The Kier molecular flexibility index (Phi) is 10.2. The number of amides is 2. The second kappa shape index (κ2) is 13.4. The summed E-state index contributed by atoms with van der Waals surface area (Å²) in [6.07, 6.45) is 1.08. The number of rotatable bonds is 12. The molecule has 9 heteroatoms. The van der Waals surface area contributed by atoms with Gasteiger partial charge in [0.15, 0.2) is 0 Å². The Hall–Kier alpha value is -3.72. The summed E-state index contributed by atoms with van der Waals surface area (Å²) in [7, 11) is -4.12. The number of hydrogen-bond acceptors (Lipinski definition) is 4. The number of nitrogens with zero attached hydrogens (tertiary/aromatic N) is 2. The van der Waals surface area contributed by atoms with E-state index in [0.29, 0.717) is 17.7 Å². The molecule has 1 unspecified atom stereocenters. The summed E-state index contributed by atoms with van der Waals surface area (Å²) in [5, 5.41) is 2.85. The minimum Gasteiger partial charge on any atom is -0.352 e. The predicted octanol–water partition coefficient (Wildman–Crippen LogP) is 4.92. The fourth-order valence-electron chi connectivity index (χ4n) is 4.23. The molecule has 3 aromatic carbocycles. The van der Waals surface area contributed by atoms with Gasteiger partial charge in [-0.2, -0.15) is 0 Å². The summed E-state index contributed by atoms with van der Waals surface area (Å²) in [5.74, 6) is -1.31. The van der Waals surface area contributed by atoms with E-state index in [1.165, 1.54) is 29.2 Å². The quantitative estimate of drug-likeness (QED) is 0.345. The van der Waals surface area contributed by atoms with E-state index in [4.69, 9.17) is 0 Å². The molecule has 0 spiro atoms. The zero-order valence-electron chi connectivity index (χ0n) is 22.8. The molecule has 1 atom stereocenters. The van der Waals surface area contributed by atoms with Crippen molar-refractivity contribution in [3.8, 4) is 0 Å². The fraction of sp³-hybridized carbons (Fsp3) is 0.333. The van der Waals surface area contributed by atoms with E-state index in [2.05, 4.69) is 5.32 Å². The van der Waals surface area contributed by atoms with Crippen molar-refractivity contribution in [2.45, 2.75) is 64.1 Å². The molecule has 0 saturated heterocycles. The molecule has 1 N–H and O–H groups in total. The topological polar surface area (TPSA) is 86.8 Å². The van der Waals surface area contributed by atoms with Crippen LogP contribution >= 0.6 is 0 Å². The smallest absolute Gasteiger partial charge is 0.264 e. The Labute approximate surface area is 230 Å². The third-order valence-corrected chi connectivity index (χ3v) is 8.11. The minimum atomic E-state index is -4.12. The molecular formula is C30H36FN3O4S. The van der Waals surface area contributed by atoms with Crippen molar-refractivity contribution in [3.05, 3.63) is 95.8 Å². The van der Waals surface area contributed by atoms with Gasteiger partial charge in [0.2, 0.25) is 11.8 Å². The lowest BCUT2D eigenvalue weighted by Crippen LogP contribution is -2.53. The van der Waals surface area contributed by atoms with E-state index < -0.39 is 34.3 Å². The van der Waals surface area contributed by atoms with Crippen LogP contribution in [0.5, 0.6) is 0 Å². The molecule has 3 rings (SSSR count). The van der Waals surface area contributed by atoms with Crippen LogP contribution in [0.4, 0.5) is 10.1 Å². The molecule has 0 aliphatic carbocycles. The van der Waals surface area contributed by atoms with E-state index in [1.807, 2.05) is 32.9 Å². The second-order valence-corrected chi connectivity index (χ2v) is 11.4. The van der Waals surface area contributed by atoms with Crippen molar-refractivity contribution in [2.75, 3.05) is 10.8 Å². The maximum atomic E-state index is 14.0.